The van der Waals surface area contributed by atoms with Crippen LogP contribution in [0, 0.1) is 0 Å². The molecular formula is C12H9N5OS. The monoisotopic (exact) mass is 271 g/mol. The Morgan fingerprint density at radius 1 is 1.26 bits per heavy atom. The zero-order valence-electron chi connectivity index (χ0n) is 9.70. The highest BCUT2D eigenvalue weighted by molar-refractivity contribution is 7.16. The Kier molecular flexibility index (Phi) is 2.81. The first-order valence-electron chi connectivity index (χ1n) is 5.47. The molecule has 3 aromatic rings. The molecule has 6 nitrogen and oxygen atoms in total. The summed E-state index contributed by atoms with van der Waals surface area (Å²) in [5.74, 6) is -0.322. The average molecular weight is 271 g/mol. The van der Waals surface area contributed by atoms with Gasteiger partial charge >= 0.3 is 0 Å². The first-order chi connectivity index (χ1) is 9.22. The molecule has 0 fully saturated rings. The molecule has 0 atom stereocenters. The normalized spacial score (nSPS) is 10.5. The van der Waals surface area contributed by atoms with Crippen LogP contribution in [0.1, 0.15) is 9.80 Å². The van der Waals surface area contributed by atoms with E-state index in [0.29, 0.717) is 5.69 Å². The number of amides is 1. The molecule has 0 aliphatic carbocycles. The standard InChI is InChI=1S/C12H9N5OS/c13-12-17-16-11(19-12)10(18)15-8-3-4-9-7(6-8)2-1-5-14-9/h1-6H,(H2,13,17)(H,15,18). The van der Waals surface area contributed by atoms with Crippen molar-refractivity contribution in [1.82, 2.24) is 15.2 Å². The van der Waals surface area contributed by atoms with Crippen LogP contribution in [0.25, 0.3) is 10.9 Å². The summed E-state index contributed by atoms with van der Waals surface area (Å²) in [5.41, 5.74) is 7.00. The zero-order chi connectivity index (χ0) is 13.2. The Bertz CT molecular complexity index is 754. The van der Waals surface area contributed by atoms with Crippen molar-refractivity contribution in [2.24, 2.45) is 0 Å². The van der Waals surface area contributed by atoms with Crippen LogP contribution in [-0.2, 0) is 0 Å². The van der Waals surface area contributed by atoms with Gasteiger partial charge in [-0.25, -0.2) is 0 Å². The highest BCUT2D eigenvalue weighted by Gasteiger charge is 2.11. The van der Waals surface area contributed by atoms with E-state index in [1.54, 1.807) is 12.3 Å². The number of fused-ring (bicyclic) bond motifs is 1. The Hall–Kier alpha value is -2.54. The molecule has 3 rings (SSSR count). The molecule has 0 saturated heterocycles. The van der Waals surface area contributed by atoms with Crippen LogP contribution in [0.3, 0.4) is 0 Å². The van der Waals surface area contributed by atoms with Gasteiger partial charge in [0.05, 0.1) is 5.52 Å². The van der Waals surface area contributed by atoms with E-state index >= 15 is 0 Å². The van der Waals surface area contributed by atoms with Gasteiger partial charge in [0.2, 0.25) is 10.1 Å². The SMILES string of the molecule is Nc1nnc(C(=O)Nc2ccc3ncccc3c2)s1. The third kappa shape index (κ3) is 2.36. The third-order valence-electron chi connectivity index (χ3n) is 2.50. The Balaban J connectivity index is 1.87. The van der Waals surface area contributed by atoms with Crippen molar-refractivity contribution in [2.45, 2.75) is 0 Å². The number of nitrogens with two attached hydrogens (primary N) is 1. The van der Waals surface area contributed by atoms with Crippen LogP contribution >= 0.6 is 11.3 Å². The molecule has 2 aromatic heterocycles. The van der Waals surface area contributed by atoms with Crippen LogP contribution in [0.5, 0.6) is 0 Å². The lowest BCUT2D eigenvalue weighted by Crippen LogP contribution is -2.11. The lowest BCUT2D eigenvalue weighted by molar-refractivity contribution is 0.102. The van der Waals surface area contributed by atoms with Crippen molar-refractivity contribution in [3.05, 3.63) is 41.5 Å². The molecule has 0 saturated carbocycles. The van der Waals surface area contributed by atoms with E-state index in [2.05, 4.69) is 20.5 Å². The quantitative estimate of drug-likeness (QED) is 0.742. The molecule has 94 valence electrons. The van der Waals surface area contributed by atoms with Gasteiger partial charge in [0.15, 0.2) is 0 Å². The van der Waals surface area contributed by atoms with E-state index in [1.807, 2.05) is 24.3 Å². The predicted molar refractivity (Wildman–Crippen MR) is 74.0 cm³/mol. The Morgan fingerprint density at radius 2 is 2.16 bits per heavy atom. The molecule has 3 N–H and O–H groups in total. The fraction of sp³-hybridized carbons (Fsp3) is 0. The van der Waals surface area contributed by atoms with Crippen LogP contribution < -0.4 is 11.1 Å². The van der Waals surface area contributed by atoms with Gasteiger partial charge < -0.3 is 11.1 Å². The number of hydrogen-bond acceptors (Lipinski definition) is 6. The van der Waals surface area contributed by atoms with E-state index in [1.165, 1.54) is 0 Å². The minimum absolute atomic E-state index is 0.240. The number of anilines is 2. The number of pyridine rings is 1. The molecule has 2 heterocycles. The van der Waals surface area contributed by atoms with Gasteiger partial charge in [0.25, 0.3) is 5.91 Å². The molecule has 0 aliphatic heterocycles. The van der Waals surface area contributed by atoms with Crippen molar-refractivity contribution in [1.29, 1.82) is 0 Å². The van der Waals surface area contributed by atoms with Crippen molar-refractivity contribution in [3.8, 4) is 0 Å². The molecule has 0 spiro atoms. The zero-order valence-corrected chi connectivity index (χ0v) is 10.5. The first kappa shape index (κ1) is 11.5. The molecule has 1 amide bonds. The van der Waals surface area contributed by atoms with Gasteiger partial charge in [-0.1, -0.05) is 17.4 Å². The summed E-state index contributed by atoms with van der Waals surface area (Å²) < 4.78 is 0. The van der Waals surface area contributed by atoms with Gasteiger partial charge in [-0.3, -0.25) is 9.78 Å². The van der Waals surface area contributed by atoms with Gasteiger partial charge in [-0.2, -0.15) is 0 Å². The summed E-state index contributed by atoms with van der Waals surface area (Å²) >= 11 is 1.05. The second-order valence-electron chi connectivity index (χ2n) is 3.81. The van der Waals surface area contributed by atoms with Gasteiger partial charge in [-0.15, -0.1) is 10.2 Å². The summed E-state index contributed by atoms with van der Waals surface area (Å²) in [5, 5.41) is 11.5. The Labute approximate surface area is 112 Å². The summed E-state index contributed by atoms with van der Waals surface area (Å²) in [4.78, 5) is 16.1. The number of nitrogens with zero attached hydrogens (tertiary/aromatic N) is 3. The van der Waals surface area contributed by atoms with Crippen molar-refractivity contribution in [2.75, 3.05) is 11.1 Å². The van der Waals surface area contributed by atoms with E-state index < -0.39 is 0 Å². The molecule has 7 heteroatoms. The van der Waals surface area contributed by atoms with E-state index in [-0.39, 0.29) is 16.0 Å². The van der Waals surface area contributed by atoms with E-state index in [9.17, 15) is 4.79 Å². The van der Waals surface area contributed by atoms with Crippen LogP contribution in [0.4, 0.5) is 10.8 Å². The smallest absolute Gasteiger partial charge is 0.286 e. The summed E-state index contributed by atoms with van der Waals surface area (Å²) in [6.07, 6.45) is 1.73. The number of nitrogens with one attached hydrogen (secondary N) is 1. The van der Waals surface area contributed by atoms with Crippen LogP contribution in [0.2, 0.25) is 0 Å². The molecule has 0 unspecified atom stereocenters. The lowest BCUT2D eigenvalue weighted by atomic mass is 10.2. The third-order valence-corrected chi connectivity index (χ3v) is 3.25. The summed E-state index contributed by atoms with van der Waals surface area (Å²) in [6.45, 7) is 0. The number of rotatable bonds is 2. The van der Waals surface area contributed by atoms with Crippen molar-refractivity contribution in [3.63, 3.8) is 0 Å². The number of carbonyl (C=O) groups excluding carboxylic acids is 1. The van der Waals surface area contributed by atoms with Gasteiger partial charge in [0.1, 0.15) is 0 Å². The highest BCUT2D eigenvalue weighted by Crippen LogP contribution is 2.18. The van der Waals surface area contributed by atoms with Crippen molar-refractivity contribution < 1.29 is 4.79 Å². The molecule has 1 aromatic carbocycles. The van der Waals surface area contributed by atoms with Crippen LogP contribution in [0.15, 0.2) is 36.5 Å². The van der Waals surface area contributed by atoms with Crippen molar-refractivity contribution >= 4 is 39.0 Å². The molecule has 0 bridgehead atoms. The van der Waals surface area contributed by atoms with Crippen LogP contribution in [-0.4, -0.2) is 21.1 Å². The topological polar surface area (TPSA) is 93.8 Å². The Morgan fingerprint density at radius 3 is 2.95 bits per heavy atom. The number of benzene rings is 1. The van der Waals surface area contributed by atoms with E-state index in [0.717, 1.165) is 22.2 Å². The number of hydrogen-bond donors (Lipinski definition) is 2. The average Bonchev–Trinajstić information content (AvgIpc) is 2.85. The maximum absolute atomic E-state index is 11.9. The summed E-state index contributed by atoms with van der Waals surface area (Å²) in [7, 11) is 0. The number of nitrogen functional groups attached to an aromatic ring is 1. The second-order valence-corrected chi connectivity index (χ2v) is 4.82. The fourth-order valence-corrected chi connectivity index (χ4v) is 2.17. The minimum atomic E-state index is -0.322. The van der Waals surface area contributed by atoms with E-state index in [4.69, 9.17) is 5.73 Å². The fourth-order valence-electron chi connectivity index (χ4n) is 1.66. The second kappa shape index (κ2) is 4.62. The molecular weight excluding hydrogens is 262 g/mol. The highest BCUT2D eigenvalue weighted by atomic mass is 32.1. The molecule has 0 aliphatic rings. The first-order valence-corrected chi connectivity index (χ1v) is 6.29. The van der Waals surface area contributed by atoms with Gasteiger partial charge in [0, 0.05) is 17.3 Å². The van der Waals surface area contributed by atoms with Gasteiger partial charge in [-0.05, 0) is 24.3 Å². The lowest BCUT2D eigenvalue weighted by Gasteiger charge is -2.03. The predicted octanol–water partition coefficient (Wildman–Crippen LogP) is 1.92. The summed E-state index contributed by atoms with van der Waals surface area (Å²) in [6, 6.07) is 9.27. The largest absolute Gasteiger partial charge is 0.374 e. The number of carbonyl (C=O) groups is 1. The maximum Gasteiger partial charge on any atom is 0.286 e. The molecule has 0 radical (unpaired) electrons. The number of aromatic nitrogens is 3. The molecule has 19 heavy (non-hydrogen) atoms. The maximum atomic E-state index is 11.9. The minimum Gasteiger partial charge on any atom is -0.374 e.